The molecule has 0 aromatic carbocycles. The molecule has 4 heteroatoms. The van der Waals surface area contributed by atoms with Gasteiger partial charge in [0, 0.05) is 19.0 Å². The van der Waals surface area contributed by atoms with Gasteiger partial charge in [0.15, 0.2) is 5.65 Å². The zero-order valence-corrected chi connectivity index (χ0v) is 11.7. The van der Waals surface area contributed by atoms with Crippen LogP contribution in [0, 0.1) is 12.8 Å². The first-order valence-electron chi connectivity index (χ1n) is 6.65. The van der Waals surface area contributed by atoms with Crippen molar-refractivity contribution in [3.8, 4) is 0 Å². The van der Waals surface area contributed by atoms with Crippen LogP contribution in [0.1, 0.15) is 32.4 Å². The number of aryl methyl sites for hydroxylation is 2. The number of aromatic nitrogens is 3. The van der Waals surface area contributed by atoms with Crippen LogP contribution in [-0.2, 0) is 7.05 Å². The highest BCUT2D eigenvalue weighted by Crippen LogP contribution is 2.19. The van der Waals surface area contributed by atoms with Gasteiger partial charge < -0.3 is 5.32 Å². The largest absolute Gasteiger partial charge is 0.384 e. The summed E-state index contributed by atoms with van der Waals surface area (Å²) in [5.41, 5.74) is 3.06. The fraction of sp³-hybridized carbons (Fsp3) is 0.571. The average Bonchev–Trinajstić information content (AvgIpc) is 2.63. The van der Waals surface area contributed by atoms with Gasteiger partial charge in [-0.2, -0.15) is 5.10 Å². The first-order valence-corrected chi connectivity index (χ1v) is 6.65. The number of nitrogens with zero attached hydrogens (tertiary/aromatic N) is 3. The highest BCUT2D eigenvalue weighted by molar-refractivity contribution is 5.81. The van der Waals surface area contributed by atoms with Crippen LogP contribution in [0.25, 0.3) is 11.0 Å². The standard InChI is InChI=1S/C14H22N4/c1-5-6-10(2)8-15-12-7-13-11(3)17-18(4)14(13)16-9-12/h7,9-10,15H,5-6,8H2,1-4H3. The summed E-state index contributed by atoms with van der Waals surface area (Å²) in [5.74, 6) is 0.695. The van der Waals surface area contributed by atoms with E-state index in [9.17, 15) is 0 Å². The zero-order valence-electron chi connectivity index (χ0n) is 11.7. The number of rotatable bonds is 5. The van der Waals surface area contributed by atoms with Crippen molar-refractivity contribution in [2.75, 3.05) is 11.9 Å². The van der Waals surface area contributed by atoms with E-state index in [1.165, 1.54) is 12.8 Å². The van der Waals surface area contributed by atoms with Gasteiger partial charge in [-0.1, -0.05) is 20.3 Å². The number of anilines is 1. The minimum atomic E-state index is 0.695. The van der Waals surface area contributed by atoms with Crippen molar-refractivity contribution in [3.05, 3.63) is 18.0 Å². The Bertz CT molecular complexity index is 530. The number of hydrogen-bond donors (Lipinski definition) is 1. The van der Waals surface area contributed by atoms with Crippen molar-refractivity contribution in [1.82, 2.24) is 14.8 Å². The van der Waals surface area contributed by atoms with E-state index in [0.29, 0.717) is 5.92 Å². The highest BCUT2D eigenvalue weighted by Gasteiger charge is 2.07. The van der Waals surface area contributed by atoms with E-state index in [1.54, 1.807) is 0 Å². The normalized spacial score (nSPS) is 12.9. The number of hydrogen-bond acceptors (Lipinski definition) is 3. The molecule has 1 N–H and O–H groups in total. The molecular weight excluding hydrogens is 224 g/mol. The Morgan fingerprint density at radius 3 is 2.94 bits per heavy atom. The van der Waals surface area contributed by atoms with Crippen LogP contribution < -0.4 is 5.32 Å². The molecule has 98 valence electrons. The Hall–Kier alpha value is -1.58. The summed E-state index contributed by atoms with van der Waals surface area (Å²) in [7, 11) is 1.93. The van der Waals surface area contributed by atoms with Crippen LogP contribution in [0.5, 0.6) is 0 Å². The highest BCUT2D eigenvalue weighted by atomic mass is 15.3. The lowest BCUT2D eigenvalue weighted by molar-refractivity contribution is 0.551. The van der Waals surface area contributed by atoms with Gasteiger partial charge in [-0.05, 0) is 25.3 Å². The predicted molar refractivity (Wildman–Crippen MR) is 75.8 cm³/mol. The number of nitrogens with one attached hydrogen (secondary N) is 1. The molecule has 2 rings (SSSR count). The molecule has 2 aromatic rings. The summed E-state index contributed by atoms with van der Waals surface area (Å²) < 4.78 is 1.83. The van der Waals surface area contributed by atoms with E-state index < -0.39 is 0 Å². The predicted octanol–water partition coefficient (Wildman–Crippen LogP) is 3.12. The summed E-state index contributed by atoms with van der Waals surface area (Å²) in [5, 5.41) is 8.97. The van der Waals surface area contributed by atoms with Crippen LogP contribution in [-0.4, -0.2) is 21.3 Å². The summed E-state index contributed by atoms with van der Waals surface area (Å²) in [6.45, 7) is 7.52. The molecule has 1 unspecified atom stereocenters. The molecule has 0 spiro atoms. The van der Waals surface area contributed by atoms with Crippen molar-refractivity contribution in [2.45, 2.75) is 33.6 Å². The Morgan fingerprint density at radius 1 is 1.44 bits per heavy atom. The first kappa shape index (κ1) is 12.9. The van der Waals surface area contributed by atoms with Crippen molar-refractivity contribution in [2.24, 2.45) is 13.0 Å². The van der Waals surface area contributed by atoms with Gasteiger partial charge in [0.25, 0.3) is 0 Å². The van der Waals surface area contributed by atoms with Crippen molar-refractivity contribution in [1.29, 1.82) is 0 Å². The van der Waals surface area contributed by atoms with Crippen molar-refractivity contribution in [3.63, 3.8) is 0 Å². The summed E-state index contributed by atoms with van der Waals surface area (Å²) in [4.78, 5) is 4.46. The van der Waals surface area contributed by atoms with E-state index in [2.05, 4.69) is 35.3 Å². The summed E-state index contributed by atoms with van der Waals surface area (Å²) in [6.07, 6.45) is 4.39. The molecule has 4 nitrogen and oxygen atoms in total. The molecule has 0 bridgehead atoms. The minimum absolute atomic E-state index is 0.695. The molecule has 0 saturated carbocycles. The van der Waals surface area contributed by atoms with Crippen LogP contribution >= 0.6 is 0 Å². The lowest BCUT2D eigenvalue weighted by Crippen LogP contribution is -2.11. The monoisotopic (exact) mass is 246 g/mol. The van der Waals surface area contributed by atoms with Crippen LogP contribution in [0.3, 0.4) is 0 Å². The van der Waals surface area contributed by atoms with Crippen molar-refractivity contribution >= 4 is 16.7 Å². The van der Waals surface area contributed by atoms with Crippen molar-refractivity contribution < 1.29 is 0 Å². The third kappa shape index (κ3) is 2.63. The SMILES string of the molecule is CCCC(C)CNc1cnc2c(c1)c(C)nn2C. The molecule has 0 aliphatic carbocycles. The Labute approximate surface area is 108 Å². The second kappa shape index (κ2) is 5.38. The van der Waals surface area contributed by atoms with E-state index in [-0.39, 0.29) is 0 Å². The van der Waals surface area contributed by atoms with Gasteiger partial charge in [0.2, 0.25) is 0 Å². The van der Waals surface area contributed by atoms with Gasteiger partial charge in [0.05, 0.1) is 17.6 Å². The first-order chi connectivity index (χ1) is 8.61. The lowest BCUT2D eigenvalue weighted by atomic mass is 10.1. The summed E-state index contributed by atoms with van der Waals surface area (Å²) >= 11 is 0. The van der Waals surface area contributed by atoms with E-state index in [4.69, 9.17) is 0 Å². The van der Waals surface area contributed by atoms with Gasteiger partial charge in [-0.3, -0.25) is 4.68 Å². The molecule has 0 saturated heterocycles. The lowest BCUT2D eigenvalue weighted by Gasteiger charge is -2.12. The maximum atomic E-state index is 4.46. The maximum absolute atomic E-state index is 4.46. The van der Waals surface area contributed by atoms with Gasteiger partial charge >= 0.3 is 0 Å². The van der Waals surface area contributed by atoms with E-state index in [1.807, 2.05) is 24.9 Å². The molecule has 1 atom stereocenters. The quantitative estimate of drug-likeness (QED) is 0.881. The maximum Gasteiger partial charge on any atom is 0.157 e. The van der Waals surface area contributed by atoms with E-state index >= 15 is 0 Å². The van der Waals surface area contributed by atoms with E-state index in [0.717, 1.165) is 29.0 Å². The molecule has 2 aromatic heterocycles. The fourth-order valence-corrected chi connectivity index (χ4v) is 2.29. The van der Waals surface area contributed by atoms with Gasteiger partial charge in [-0.25, -0.2) is 4.98 Å². The zero-order chi connectivity index (χ0) is 13.1. The molecule has 0 aliphatic heterocycles. The molecule has 0 aliphatic rings. The smallest absolute Gasteiger partial charge is 0.157 e. The minimum Gasteiger partial charge on any atom is -0.384 e. The Balaban J connectivity index is 2.12. The molecule has 0 amide bonds. The third-order valence-corrected chi connectivity index (χ3v) is 3.30. The fourth-order valence-electron chi connectivity index (χ4n) is 2.29. The average molecular weight is 246 g/mol. The van der Waals surface area contributed by atoms with Crippen LogP contribution in [0.15, 0.2) is 12.3 Å². The second-order valence-electron chi connectivity index (χ2n) is 5.08. The molecule has 0 radical (unpaired) electrons. The number of fused-ring (bicyclic) bond motifs is 1. The number of pyridine rings is 1. The molecular formula is C14H22N4. The Morgan fingerprint density at radius 2 is 2.22 bits per heavy atom. The van der Waals surface area contributed by atoms with Crippen LogP contribution in [0.4, 0.5) is 5.69 Å². The Kier molecular flexibility index (Phi) is 3.84. The summed E-state index contributed by atoms with van der Waals surface area (Å²) in [6, 6.07) is 2.14. The third-order valence-electron chi connectivity index (χ3n) is 3.30. The molecule has 18 heavy (non-hydrogen) atoms. The van der Waals surface area contributed by atoms with Crippen LogP contribution in [0.2, 0.25) is 0 Å². The topological polar surface area (TPSA) is 42.7 Å². The van der Waals surface area contributed by atoms with Gasteiger partial charge in [0.1, 0.15) is 0 Å². The second-order valence-corrected chi connectivity index (χ2v) is 5.08. The molecule has 0 fully saturated rings. The molecule has 2 heterocycles. The van der Waals surface area contributed by atoms with Gasteiger partial charge in [-0.15, -0.1) is 0 Å².